The lowest BCUT2D eigenvalue weighted by atomic mass is 10.5. The van der Waals surface area contributed by atoms with Gasteiger partial charge in [-0.15, -0.1) is 10.2 Å². The number of nitrogens with zero attached hydrogens (tertiary/aromatic N) is 4. The van der Waals surface area contributed by atoms with E-state index in [1.165, 1.54) is 22.9 Å². The van der Waals surface area contributed by atoms with Crippen LogP contribution in [0, 0.1) is 0 Å². The second kappa shape index (κ2) is 5.04. The molecule has 6 nitrogen and oxygen atoms in total. The molecule has 0 saturated heterocycles. The highest BCUT2D eigenvalue weighted by Crippen LogP contribution is 2.32. The number of aromatic nitrogens is 4. The van der Waals surface area contributed by atoms with Crippen molar-refractivity contribution in [2.24, 2.45) is 5.84 Å². The minimum atomic E-state index is -4.64. The van der Waals surface area contributed by atoms with Crippen LogP contribution in [0.5, 0.6) is 0 Å². The molecule has 0 atom stereocenters. The van der Waals surface area contributed by atoms with Gasteiger partial charge >= 0.3 is 6.18 Å². The van der Waals surface area contributed by atoms with E-state index in [-0.39, 0.29) is 10.8 Å². The average Bonchev–Trinajstić information content (AvgIpc) is 2.80. The van der Waals surface area contributed by atoms with Crippen LogP contribution in [0.25, 0.3) is 0 Å². The van der Waals surface area contributed by atoms with Crippen LogP contribution in [-0.2, 0) is 6.18 Å². The fourth-order valence-electron chi connectivity index (χ4n) is 0.975. The first-order chi connectivity index (χ1) is 8.49. The number of alkyl halides is 3. The number of hydrazine groups is 1. The third-order valence-electron chi connectivity index (χ3n) is 1.64. The Labute approximate surface area is 107 Å². The van der Waals surface area contributed by atoms with Gasteiger partial charge in [-0.05, 0) is 11.8 Å². The predicted octanol–water partition coefficient (Wildman–Crippen LogP) is 1.78. The van der Waals surface area contributed by atoms with Crippen molar-refractivity contribution in [2.75, 3.05) is 5.43 Å². The number of halogens is 3. The number of nitrogen functional groups attached to an aromatic ring is 1. The Hall–Kier alpha value is -1.46. The first-order valence-corrected chi connectivity index (χ1v) is 6.05. The van der Waals surface area contributed by atoms with Crippen LogP contribution in [0.15, 0.2) is 20.9 Å². The van der Waals surface area contributed by atoms with Gasteiger partial charge in [0.2, 0.25) is 5.82 Å². The van der Waals surface area contributed by atoms with Crippen LogP contribution >= 0.6 is 23.1 Å². The van der Waals surface area contributed by atoms with Gasteiger partial charge in [-0.1, -0.05) is 11.3 Å². The maximum absolute atomic E-state index is 12.5. The maximum Gasteiger partial charge on any atom is 0.451 e. The molecule has 2 heterocycles. The largest absolute Gasteiger partial charge is 0.451 e. The summed E-state index contributed by atoms with van der Waals surface area (Å²) in [5, 5.41) is 7.36. The zero-order valence-electron chi connectivity index (χ0n) is 8.47. The minimum absolute atomic E-state index is 0.0852. The van der Waals surface area contributed by atoms with E-state index in [1.807, 2.05) is 0 Å². The molecule has 2 rings (SSSR count). The molecule has 0 aromatic carbocycles. The fraction of sp³-hybridized carbons (Fsp3) is 0.143. The van der Waals surface area contributed by atoms with E-state index in [0.717, 1.165) is 11.8 Å². The Kier molecular flexibility index (Phi) is 3.63. The lowest BCUT2D eigenvalue weighted by Gasteiger charge is -2.08. The van der Waals surface area contributed by atoms with Gasteiger partial charge in [0.05, 0.1) is 0 Å². The molecule has 96 valence electrons. The van der Waals surface area contributed by atoms with Crippen molar-refractivity contribution in [1.82, 2.24) is 20.2 Å². The minimum Gasteiger partial charge on any atom is -0.308 e. The van der Waals surface area contributed by atoms with E-state index in [2.05, 4.69) is 25.6 Å². The molecule has 0 unspecified atom stereocenters. The van der Waals surface area contributed by atoms with Crippen molar-refractivity contribution in [2.45, 2.75) is 15.5 Å². The molecule has 0 bridgehead atoms. The normalized spacial score (nSPS) is 11.6. The highest BCUT2D eigenvalue weighted by molar-refractivity contribution is 8.00. The molecule has 0 aliphatic rings. The molecule has 0 amide bonds. The quantitative estimate of drug-likeness (QED) is 0.506. The molecule has 0 spiro atoms. The standard InChI is InChI=1S/C7H5F3N6S2/c8-7(9,10)5-13-3(15-11)1-4(14-5)18-6-16-12-2-17-6/h1-2H,11H2,(H,13,14,15). The Morgan fingerprint density at radius 1 is 1.33 bits per heavy atom. The van der Waals surface area contributed by atoms with Crippen LogP contribution in [0.3, 0.4) is 0 Å². The SMILES string of the molecule is NNc1cc(Sc2nncs2)nc(C(F)(F)F)n1. The van der Waals surface area contributed by atoms with E-state index in [0.29, 0.717) is 4.34 Å². The van der Waals surface area contributed by atoms with Gasteiger partial charge in [0.1, 0.15) is 16.4 Å². The van der Waals surface area contributed by atoms with Crippen molar-refractivity contribution in [1.29, 1.82) is 0 Å². The molecular weight excluding hydrogens is 289 g/mol. The number of nitrogens with two attached hydrogens (primary N) is 1. The molecule has 0 aliphatic carbocycles. The third-order valence-corrected chi connectivity index (χ3v) is 3.33. The molecule has 2 aromatic heterocycles. The summed E-state index contributed by atoms with van der Waals surface area (Å²) in [5.41, 5.74) is 3.53. The molecule has 2 aromatic rings. The van der Waals surface area contributed by atoms with Gasteiger partial charge in [-0.2, -0.15) is 13.2 Å². The summed E-state index contributed by atoms with van der Waals surface area (Å²) in [6, 6.07) is 1.29. The molecule has 0 saturated carbocycles. The number of hydrogen-bond acceptors (Lipinski definition) is 8. The van der Waals surface area contributed by atoms with Gasteiger partial charge in [0.15, 0.2) is 4.34 Å². The summed E-state index contributed by atoms with van der Waals surface area (Å²) in [5.74, 6) is 3.68. The number of anilines is 1. The highest BCUT2D eigenvalue weighted by atomic mass is 32.2. The molecule has 11 heteroatoms. The zero-order valence-corrected chi connectivity index (χ0v) is 10.1. The lowest BCUT2D eigenvalue weighted by Crippen LogP contribution is -2.16. The van der Waals surface area contributed by atoms with E-state index in [1.54, 1.807) is 0 Å². The number of nitrogens with one attached hydrogen (secondary N) is 1. The Bertz CT molecular complexity index is 528. The average molecular weight is 294 g/mol. The maximum atomic E-state index is 12.5. The summed E-state index contributed by atoms with van der Waals surface area (Å²) >= 11 is 2.14. The predicted molar refractivity (Wildman–Crippen MR) is 58.9 cm³/mol. The van der Waals surface area contributed by atoms with Gasteiger partial charge < -0.3 is 5.43 Å². The Morgan fingerprint density at radius 2 is 2.11 bits per heavy atom. The first-order valence-electron chi connectivity index (χ1n) is 4.36. The van der Waals surface area contributed by atoms with Gasteiger partial charge in [0.25, 0.3) is 0 Å². The zero-order chi connectivity index (χ0) is 13.2. The van der Waals surface area contributed by atoms with Crippen molar-refractivity contribution < 1.29 is 13.2 Å². The Morgan fingerprint density at radius 3 is 2.67 bits per heavy atom. The summed E-state index contributed by atoms with van der Waals surface area (Å²) in [4.78, 5) is 6.63. The van der Waals surface area contributed by atoms with Crippen molar-refractivity contribution in [3.8, 4) is 0 Å². The smallest absolute Gasteiger partial charge is 0.308 e. The molecule has 0 aliphatic heterocycles. The van der Waals surface area contributed by atoms with Crippen LogP contribution < -0.4 is 11.3 Å². The molecule has 3 N–H and O–H groups in total. The van der Waals surface area contributed by atoms with Crippen molar-refractivity contribution >= 4 is 28.9 Å². The van der Waals surface area contributed by atoms with Crippen LogP contribution in [-0.4, -0.2) is 20.2 Å². The summed E-state index contributed by atoms with van der Waals surface area (Å²) in [6.07, 6.45) is -4.64. The monoisotopic (exact) mass is 294 g/mol. The second-order valence-electron chi connectivity index (χ2n) is 2.86. The van der Waals surface area contributed by atoms with Crippen molar-refractivity contribution in [3.63, 3.8) is 0 Å². The van der Waals surface area contributed by atoms with E-state index < -0.39 is 12.0 Å². The van der Waals surface area contributed by atoms with Gasteiger partial charge in [-0.3, -0.25) is 0 Å². The van der Waals surface area contributed by atoms with Crippen LogP contribution in [0.4, 0.5) is 19.0 Å². The first kappa shape index (κ1) is 13.0. The molecule has 0 radical (unpaired) electrons. The summed E-state index contributed by atoms with van der Waals surface area (Å²) in [6.45, 7) is 0. The van der Waals surface area contributed by atoms with E-state index in [4.69, 9.17) is 5.84 Å². The summed E-state index contributed by atoms with van der Waals surface area (Å²) in [7, 11) is 0. The highest BCUT2D eigenvalue weighted by Gasteiger charge is 2.35. The lowest BCUT2D eigenvalue weighted by molar-refractivity contribution is -0.145. The number of rotatable bonds is 3. The van der Waals surface area contributed by atoms with E-state index >= 15 is 0 Å². The molecule has 0 fully saturated rings. The fourth-order valence-corrected chi connectivity index (χ4v) is 2.40. The third kappa shape index (κ3) is 3.05. The van der Waals surface area contributed by atoms with Gasteiger partial charge in [-0.25, -0.2) is 15.8 Å². The second-order valence-corrected chi connectivity index (χ2v) is 4.96. The molecular formula is C7H5F3N6S2. The topological polar surface area (TPSA) is 89.6 Å². The number of hydrogen-bond donors (Lipinski definition) is 2. The van der Waals surface area contributed by atoms with Crippen LogP contribution in [0.2, 0.25) is 0 Å². The Balaban J connectivity index is 2.35. The molecule has 18 heavy (non-hydrogen) atoms. The summed E-state index contributed by atoms with van der Waals surface area (Å²) < 4.78 is 38.1. The van der Waals surface area contributed by atoms with Gasteiger partial charge in [0, 0.05) is 6.07 Å². The van der Waals surface area contributed by atoms with E-state index in [9.17, 15) is 13.2 Å². The van der Waals surface area contributed by atoms with Crippen LogP contribution in [0.1, 0.15) is 5.82 Å². The van der Waals surface area contributed by atoms with Crippen molar-refractivity contribution in [3.05, 3.63) is 17.4 Å².